The molecule has 1 aliphatic heterocycles. The van der Waals surface area contributed by atoms with Crippen LogP contribution in [0.3, 0.4) is 0 Å². The van der Waals surface area contributed by atoms with E-state index in [1.165, 1.54) is 16.9 Å². The van der Waals surface area contributed by atoms with Gasteiger partial charge >= 0.3 is 0 Å². The van der Waals surface area contributed by atoms with E-state index in [1.807, 2.05) is 37.3 Å². The Labute approximate surface area is 229 Å². The number of allylic oxidation sites excluding steroid dienone is 1. The summed E-state index contributed by atoms with van der Waals surface area (Å²) in [6.45, 7) is 2.28. The van der Waals surface area contributed by atoms with E-state index in [0.29, 0.717) is 33.2 Å². The average molecular weight is 541 g/mol. The third kappa shape index (κ3) is 4.21. The molecule has 39 heavy (non-hydrogen) atoms. The maximum Gasteiger partial charge on any atom is 0.271 e. The van der Waals surface area contributed by atoms with Gasteiger partial charge in [0.15, 0.2) is 27.8 Å². The van der Waals surface area contributed by atoms with E-state index < -0.39 is 6.04 Å². The van der Waals surface area contributed by atoms with Gasteiger partial charge in [-0.05, 0) is 60.7 Å². The largest absolute Gasteiger partial charge is 0.504 e. The van der Waals surface area contributed by atoms with Gasteiger partial charge in [0.05, 0.1) is 37.1 Å². The second-order valence-corrected chi connectivity index (χ2v) is 10.4. The van der Waals surface area contributed by atoms with Gasteiger partial charge in [-0.15, -0.1) is 0 Å². The van der Waals surface area contributed by atoms with Crippen LogP contribution < -0.4 is 29.1 Å². The van der Waals surface area contributed by atoms with Crippen LogP contribution >= 0.6 is 11.3 Å². The number of nitrogens with zero attached hydrogens (tertiary/aromatic N) is 2. The highest BCUT2D eigenvalue weighted by Crippen LogP contribution is 2.45. The highest BCUT2D eigenvalue weighted by Gasteiger charge is 2.34. The summed E-state index contributed by atoms with van der Waals surface area (Å²) in [6, 6.07) is 18.8. The Morgan fingerprint density at radius 3 is 2.69 bits per heavy atom. The lowest BCUT2D eigenvalue weighted by atomic mass is 9.83. The second kappa shape index (κ2) is 10.1. The molecule has 3 aromatic carbocycles. The van der Waals surface area contributed by atoms with Gasteiger partial charge in [0, 0.05) is 11.1 Å². The van der Waals surface area contributed by atoms with E-state index in [9.17, 15) is 9.90 Å². The van der Waals surface area contributed by atoms with Gasteiger partial charge in [-0.1, -0.05) is 53.8 Å². The van der Waals surface area contributed by atoms with Crippen LogP contribution in [0.2, 0.25) is 0 Å². The van der Waals surface area contributed by atoms with Gasteiger partial charge in [-0.3, -0.25) is 9.36 Å². The van der Waals surface area contributed by atoms with Crippen LogP contribution in [0.5, 0.6) is 23.0 Å². The Hall–Kier alpha value is -4.30. The minimum absolute atomic E-state index is 0.0620. The van der Waals surface area contributed by atoms with Crippen LogP contribution in [0.25, 0.3) is 11.8 Å². The number of methoxy groups -OCH3 is 2. The maximum atomic E-state index is 14.1. The minimum atomic E-state index is -0.393. The summed E-state index contributed by atoms with van der Waals surface area (Å²) in [4.78, 5) is 19.8. The summed E-state index contributed by atoms with van der Waals surface area (Å²) < 4.78 is 19.3. The number of aryl methyl sites for hydroxylation is 1. The van der Waals surface area contributed by atoms with Crippen LogP contribution in [-0.4, -0.2) is 30.5 Å². The first-order chi connectivity index (χ1) is 19.0. The van der Waals surface area contributed by atoms with Crippen molar-refractivity contribution in [3.8, 4) is 23.0 Å². The lowest BCUT2D eigenvalue weighted by Crippen LogP contribution is -2.39. The lowest BCUT2D eigenvalue weighted by Gasteiger charge is -2.31. The molecule has 198 valence electrons. The Kier molecular flexibility index (Phi) is 6.48. The van der Waals surface area contributed by atoms with Crippen molar-refractivity contribution >= 4 is 23.1 Å². The molecular weight excluding hydrogens is 512 g/mol. The molecule has 1 atom stereocenters. The van der Waals surface area contributed by atoms with Crippen LogP contribution in [0, 0.1) is 0 Å². The number of hydrogen-bond acceptors (Lipinski definition) is 7. The summed E-state index contributed by atoms with van der Waals surface area (Å²) in [6.07, 6.45) is 3.47. The number of benzene rings is 3. The van der Waals surface area contributed by atoms with E-state index in [0.717, 1.165) is 40.8 Å². The molecule has 0 amide bonds. The third-order valence-corrected chi connectivity index (χ3v) is 8.17. The number of phenolic OH excluding ortho intramolecular Hbond substituents is 1. The number of aromatic nitrogens is 1. The van der Waals surface area contributed by atoms with Crippen molar-refractivity contribution in [1.29, 1.82) is 0 Å². The van der Waals surface area contributed by atoms with Crippen molar-refractivity contribution < 1.29 is 19.3 Å². The Bertz CT molecular complexity index is 1800. The molecule has 0 saturated carbocycles. The standard InChI is InChI=1S/C31H28N2O5S/c1-4-38-25-16-18(12-15-23(25)34)17-26-30(35)33-28(22-10-7-11-24(36-2)29(22)37-3)21-14-13-19-8-5-6-9-20(19)27(21)32-31(33)39-26/h5-12,15-17,28,34H,4,13-14H2,1-3H3. The summed E-state index contributed by atoms with van der Waals surface area (Å²) in [5, 5.41) is 10.1. The fourth-order valence-electron chi connectivity index (χ4n) is 5.47. The molecule has 0 radical (unpaired) electrons. The predicted molar refractivity (Wildman–Crippen MR) is 152 cm³/mol. The van der Waals surface area contributed by atoms with E-state index in [-0.39, 0.29) is 11.3 Å². The summed E-state index contributed by atoms with van der Waals surface area (Å²) in [5.41, 5.74) is 5.84. The van der Waals surface area contributed by atoms with Gasteiger partial charge in [0.2, 0.25) is 0 Å². The van der Waals surface area contributed by atoms with Crippen molar-refractivity contribution in [2.75, 3.05) is 20.8 Å². The molecule has 1 aromatic heterocycles. The van der Waals surface area contributed by atoms with Gasteiger partial charge < -0.3 is 19.3 Å². The number of thiazole rings is 1. The molecule has 0 spiro atoms. The summed E-state index contributed by atoms with van der Waals surface area (Å²) in [7, 11) is 3.24. The summed E-state index contributed by atoms with van der Waals surface area (Å²) >= 11 is 1.35. The molecule has 2 heterocycles. The predicted octanol–water partition coefficient (Wildman–Crippen LogP) is 4.44. The van der Waals surface area contributed by atoms with Crippen molar-refractivity contribution in [3.63, 3.8) is 0 Å². The fraction of sp³-hybridized carbons (Fsp3) is 0.226. The number of phenols is 1. The molecule has 1 N–H and O–H groups in total. The van der Waals surface area contributed by atoms with E-state index in [1.54, 1.807) is 37.0 Å². The Balaban J connectivity index is 1.62. The van der Waals surface area contributed by atoms with Crippen LogP contribution in [0.15, 0.2) is 76.0 Å². The minimum Gasteiger partial charge on any atom is -0.504 e. The first-order valence-corrected chi connectivity index (χ1v) is 13.7. The average Bonchev–Trinajstić information content (AvgIpc) is 3.27. The van der Waals surface area contributed by atoms with E-state index >= 15 is 0 Å². The molecule has 6 rings (SSSR count). The molecule has 2 aliphatic rings. The van der Waals surface area contributed by atoms with Crippen molar-refractivity contribution in [3.05, 3.63) is 108 Å². The third-order valence-electron chi connectivity index (χ3n) is 7.18. The molecule has 1 aliphatic carbocycles. The highest BCUT2D eigenvalue weighted by atomic mass is 32.1. The topological polar surface area (TPSA) is 82.3 Å². The smallest absolute Gasteiger partial charge is 0.271 e. The van der Waals surface area contributed by atoms with E-state index in [2.05, 4.69) is 18.2 Å². The number of fused-ring (bicyclic) bond motifs is 3. The molecule has 4 aromatic rings. The van der Waals surface area contributed by atoms with Crippen molar-refractivity contribution in [2.45, 2.75) is 25.8 Å². The highest BCUT2D eigenvalue weighted by molar-refractivity contribution is 7.07. The molecule has 0 bridgehead atoms. The number of para-hydroxylation sites is 1. The number of ether oxygens (including phenoxy) is 3. The number of aromatic hydroxyl groups is 1. The van der Waals surface area contributed by atoms with Gasteiger partial charge in [-0.25, -0.2) is 4.99 Å². The van der Waals surface area contributed by atoms with Crippen LogP contribution in [0.4, 0.5) is 0 Å². The van der Waals surface area contributed by atoms with Crippen LogP contribution in [-0.2, 0) is 6.42 Å². The monoisotopic (exact) mass is 540 g/mol. The lowest BCUT2D eigenvalue weighted by molar-refractivity contribution is 0.318. The van der Waals surface area contributed by atoms with E-state index in [4.69, 9.17) is 19.2 Å². The Morgan fingerprint density at radius 1 is 1.05 bits per heavy atom. The number of hydrogen-bond donors (Lipinski definition) is 1. The maximum absolute atomic E-state index is 14.1. The first-order valence-electron chi connectivity index (χ1n) is 12.8. The van der Waals surface area contributed by atoms with Gasteiger partial charge in [-0.2, -0.15) is 0 Å². The zero-order valence-corrected chi connectivity index (χ0v) is 22.7. The molecular formula is C31H28N2O5S. The molecule has 8 heteroatoms. The fourth-order valence-corrected chi connectivity index (χ4v) is 6.47. The molecule has 7 nitrogen and oxygen atoms in total. The normalized spacial score (nSPS) is 16.2. The molecule has 0 saturated heterocycles. The van der Waals surface area contributed by atoms with Gasteiger partial charge in [0.1, 0.15) is 0 Å². The number of rotatable bonds is 6. The first kappa shape index (κ1) is 25.0. The van der Waals surface area contributed by atoms with Crippen molar-refractivity contribution in [1.82, 2.24) is 4.57 Å². The SMILES string of the molecule is CCOc1cc(C=c2sc3n(c2=O)C(c2cccc(OC)c2OC)C2=C(N=3)c3ccccc3CC2)ccc1O. The second-order valence-electron chi connectivity index (χ2n) is 9.36. The van der Waals surface area contributed by atoms with Crippen molar-refractivity contribution in [2.24, 2.45) is 4.99 Å². The molecule has 0 fully saturated rings. The summed E-state index contributed by atoms with van der Waals surface area (Å²) in [5.74, 6) is 1.66. The van der Waals surface area contributed by atoms with Crippen LogP contribution in [0.1, 0.15) is 41.6 Å². The Morgan fingerprint density at radius 2 is 1.90 bits per heavy atom. The quantitative estimate of drug-likeness (QED) is 0.391. The van der Waals surface area contributed by atoms with Gasteiger partial charge in [0.25, 0.3) is 5.56 Å². The molecule has 1 unspecified atom stereocenters. The zero-order valence-electron chi connectivity index (χ0n) is 21.9. The zero-order chi connectivity index (χ0) is 27.1.